The Morgan fingerprint density at radius 3 is 2.63 bits per heavy atom. The highest BCUT2D eigenvalue weighted by Crippen LogP contribution is 2.33. The number of furan rings is 1. The van der Waals surface area contributed by atoms with Gasteiger partial charge >= 0.3 is 0 Å². The first kappa shape index (κ1) is 11.9. The van der Waals surface area contributed by atoms with Crippen LogP contribution in [-0.2, 0) is 6.54 Å². The number of hydrogen-bond donors (Lipinski definition) is 1. The van der Waals surface area contributed by atoms with E-state index in [1.54, 1.807) is 6.07 Å². The molecule has 0 aliphatic heterocycles. The van der Waals surface area contributed by atoms with Crippen LogP contribution in [0.2, 0.25) is 0 Å². The van der Waals surface area contributed by atoms with E-state index in [4.69, 9.17) is 10.2 Å². The molecule has 3 heteroatoms. The lowest BCUT2D eigenvalue weighted by Crippen LogP contribution is -1.92. The van der Waals surface area contributed by atoms with Crippen LogP contribution in [0.3, 0.4) is 0 Å². The standard InChI is InChI=1S/C16H14FNO/c1-10-4-2-3-5-14(10)15-8-12(17)6-11-7-13(9-18)19-16(11)15/h2-8H,9,18H2,1H3. The van der Waals surface area contributed by atoms with Crippen molar-refractivity contribution in [2.24, 2.45) is 5.73 Å². The predicted octanol–water partition coefficient (Wildman–Crippen LogP) is 4.01. The van der Waals surface area contributed by atoms with E-state index in [1.165, 1.54) is 12.1 Å². The first-order valence-corrected chi connectivity index (χ1v) is 6.17. The number of rotatable bonds is 2. The number of hydrogen-bond acceptors (Lipinski definition) is 2. The summed E-state index contributed by atoms with van der Waals surface area (Å²) in [7, 11) is 0. The summed E-state index contributed by atoms with van der Waals surface area (Å²) < 4.78 is 19.5. The molecule has 0 aliphatic rings. The van der Waals surface area contributed by atoms with Crippen molar-refractivity contribution >= 4 is 11.0 Å². The Morgan fingerprint density at radius 1 is 1.11 bits per heavy atom. The lowest BCUT2D eigenvalue weighted by atomic mass is 9.99. The lowest BCUT2D eigenvalue weighted by molar-refractivity contribution is 0.552. The third kappa shape index (κ3) is 2.02. The van der Waals surface area contributed by atoms with Gasteiger partial charge in [0, 0.05) is 10.9 Å². The van der Waals surface area contributed by atoms with Crippen LogP contribution in [0, 0.1) is 12.7 Å². The van der Waals surface area contributed by atoms with Gasteiger partial charge in [-0.15, -0.1) is 0 Å². The zero-order valence-corrected chi connectivity index (χ0v) is 10.6. The van der Waals surface area contributed by atoms with Crippen molar-refractivity contribution in [3.8, 4) is 11.1 Å². The van der Waals surface area contributed by atoms with Crippen molar-refractivity contribution in [1.29, 1.82) is 0 Å². The van der Waals surface area contributed by atoms with Crippen molar-refractivity contribution in [2.45, 2.75) is 13.5 Å². The molecule has 19 heavy (non-hydrogen) atoms. The van der Waals surface area contributed by atoms with Gasteiger partial charge in [-0.1, -0.05) is 24.3 Å². The molecule has 0 spiro atoms. The average Bonchev–Trinajstić information content (AvgIpc) is 2.81. The molecule has 3 aromatic rings. The maximum absolute atomic E-state index is 13.8. The van der Waals surface area contributed by atoms with E-state index in [0.717, 1.165) is 22.1 Å². The second kappa shape index (κ2) is 4.52. The van der Waals surface area contributed by atoms with Gasteiger partial charge in [-0.05, 0) is 36.2 Å². The quantitative estimate of drug-likeness (QED) is 0.751. The molecule has 1 heterocycles. The normalized spacial score (nSPS) is 11.1. The molecule has 0 fully saturated rings. The van der Waals surface area contributed by atoms with Crippen LogP contribution in [0.1, 0.15) is 11.3 Å². The molecule has 0 amide bonds. The van der Waals surface area contributed by atoms with Crippen molar-refractivity contribution in [3.05, 3.63) is 59.6 Å². The van der Waals surface area contributed by atoms with Crippen molar-refractivity contribution in [1.82, 2.24) is 0 Å². The summed E-state index contributed by atoms with van der Waals surface area (Å²) in [6.07, 6.45) is 0. The highest BCUT2D eigenvalue weighted by molar-refractivity contribution is 5.93. The fraction of sp³-hybridized carbons (Fsp3) is 0.125. The number of halogens is 1. The van der Waals surface area contributed by atoms with E-state index in [9.17, 15) is 4.39 Å². The second-order valence-corrected chi connectivity index (χ2v) is 4.60. The molecule has 0 saturated heterocycles. The average molecular weight is 255 g/mol. The van der Waals surface area contributed by atoms with Gasteiger partial charge in [-0.3, -0.25) is 0 Å². The van der Waals surface area contributed by atoms with Crippen LogP contribution in [0.5, 0.6) is 0 Å². The maximum atomic E-state index is 13.8. The zero-order valence-electron chi connectivity index (χ0n) is 10.6. The molecule has 0 radical (unpaired) electrons. The first-order valence-electron chi connectivity index (χ1n) is 6.17. The monoisotopic (exact) mass is 255 g/mol. The minimum atomic E-state index is -0.268. The summed E-state index contributed by atoms with van der Waals surface area (Å²) in [5.74, 6) is 0.394. The van der Waals surface area contributed by atoms with Gasteiger partial charge in [-0.2, -0.15) is 0 Å². The summed E-state index contributed by atoms with van der Waals surface area (Å²) in [6.45, 7) is 2.31. The van der Waals surface area contributed by atoms with Crippen LogP contribution in [0.25, 0.3) is 22.1 Å². The third-order valence-corrected chi connectivity index (χ3v) is 3.27. The minimum absolute atomic E-state index is 0.268. The van der Waals surface area contributed by atoms with Gasteiger partial charge in [0.25, 0.3) is 0 Å². The molecule has 96 valence electrons. The molecular formula is C16H14FNO. The maximum Gasteiger partial charge on any atom is 0.142 e. The Kier molecular flexibility index (Phi) is 2.84. The highest BCUT2D eigenvalue weighted by Gasteiger charge is 2.13. The zero-order chi connectivity index (χ0) is 13.4. The van der Waals surface area contributed by atoms with Crippen molar-refractivity contribution < 1.29 is 8.81 Å². The third-order valence-electron chi connectivity index (χ3n) is 3.27. The van der Waals surface area contributed by atoms with Gasteiger partial charge in [-0.25, -0.2) is 4.39 Å². The first-order chi connectivity index (χ1) is 9.19. The number of fused-ring (bicyclic) bond motifs is 1. The fourth-order valence-corrected chi connectivity index (χ4v) is 2.35. The van der Waals surface area contributed by atoms with Gasteiger partial charge in [0.2, 0.25) is 0 Å². The smallest absolute Gasteiger partial charge is 0.142 e. The van der Waals surface area contributed by atoms with Gasteiger partial charge < -0.3 is 10.2 Å². The van der Waals surface area contributed by atoms with Crippen LogP contribution in [-0.4, -0.2) is 0 Å². The summed E-state index contributed by atoms with van der Waals surface area (Å²) in [6, 6.07) is 12.6. The summed E-state index contributed by atoms with van der Waals surface area (Å²) in [5.41, 5.74) is 9.11. The Hall–Kier alpha value is -2.13. The van der Waals surface area contributed by atoms with E-state index in [1.807, 2.05) is 31.2 Å². The Morgan fingerprint density at radius 2 is 1.89 bits per heavy atom. The molecule has 0 aliphatic carbocycles. The molecule has 0 bridgehead atoms. The molecular weight excluding hydrogens is 241 g/mol. The van der Waals surface area contributed by atoms with Crippen LogP contribution >= 0.6 is 0 Å². The minimum Gasteiger partial charge on any atom is -0.459 e. The van der Waals surface area contributed by atoms with Crippen LogP contribution < -0.4 is 5.73 Å². The summed E-state index contributed by atoms with van der Waals surface area (Å²) in [5, 5.41) is 0.749. The van der Waals surface area contributed by atoms with Crippen molar-refractivity contribution in [3.63, 3.8) is 0 Å². The van der Waals surface area contributed by atoms with E-state index < -0.39 is 0 Å². The van der Waals surface area contributed by atoms with Gasteiger partial charge in [0.1, 0.15) is 17.2 Å². The lowest BCUT2D eigenvalue weighted by Gasteiger charge is -2.06. The van der Waals surface area contributed by atoms with Gasteiger partial charge in [0.15, 0.2) is 0 Å². The summed E-state index contributed by atoms with van der Waals surface area (Å²) >= 11 is 0. The second-order valence-electron chi connectivity index (χ2n) is 4.60. The SMILES string of the molecule is Cc1ccccc1-c1cc(F)cc2cc(CN)oc12. The molecule has 2 aromatic carbocycles. The number of nitrogens with two attached hydrogens (primary N) is 1. The molecule has 2 nitrogen and oxygen atoms in total. The topological polar surface area (TPSA) is 39.2 Å². The molecule has 0 unspecified atom stereocenters. The number of benzene rings is 2. The van der Waals surface area contributed by atoms with Crippen LogP contribution in [0.4, 0.5) is 4.39 Å². The Balaban J connectivity index is 2.34. The predicted molar refractivity (Wildman–Crippen MR) is 74.2 cm³/mol. The molecule has 3 rings (SSSR count). The number of aryl methyl sites for hydroxylation is 1. The van der Waals surface area contributed by atoms with E-state index >= 15 is 0 Å². The van der Waals surface area contributed by atoms with E-state index in [0.29, 0.717) is 17.9 Å². The summed E-state index contributed by atoms with van der Waals surface area (Å²) in [4.78, 5) is 0. The largest absolute Gasteiger partial charge is 0.459 e. The molecule has 2 N–H and O–H groups in total. The molecule has 0 saturated carbocycles. The Bertz CT molecular complexity index is 746. The fourth-order valence-electron chi connectivity index (χ4n) is 2.35. The molecule has 0 atom stereocenters. The molecule has 1 aromatic heterocycles. The van der Waals surface area contributed by atoms with Gasteiger partial charge in [0.05, 0.1) is 6.54 Å². The van der Waals surface area contributed by atoms with E-state index in [-0.39, 0.29) is 5.82 Å². The van der Waals surface area contributed by atoms with Crippen LogP contribution in [0.15, 0.2) is 46.9 Å². The highest BCUT2D eigenvalue weighted by atomic mass is 19.1. The van der Waals surface area contributed by atoms with Crippen molar-refractivity contribution in [2.75, 3.05) is 0 Å². The Labute approximate surface area is 110 Å². The van der Waals surface area contributed by atoms with E-state index in [2.05, 4.69) is 0 Å².